The average molecular weight is 277 g/mol. The van der Waals surface area contributed by atoms with Gasteiger partial charge in [0.25, 0.3) is 6.01 Å². The fourth-order valence-electron chi connectivity index (χ4n) is 1.94. The van der Waals surface area contributed by atoms with Crippen molar-refractivity contribution < 1.29 is 4.42 Å². The summed E-state index contributed by atoms with van der Waals surface area (Å²) in [6.07, 6.45) is 0. The van der Waals surface area contributed by atoms with E-state index in [2.05, 4.69) is 36.8 Å². The Hall–Kier alpha value is -1.62. The number of anilines is 1. The van der Waals surface area contributed by atoms with Gasteiger partial charge in [0, 0.05) is 12.3 Å². The SMILES string of the molecule is C=C(NC)SC(c1ccc2oc(N)nc2c1)C(C)C. The molecule has 0 amide bonds. The van der Waals surface area contributed by atoms with E-state index < -0.39 is 0 Å². The minimum absolute atomic E-state index is 0.209. The van der Waals surface area contributed by atoms with Crippen LogP contribution in [-0.2, 0) is 0 Å². The highest BCUT2D eigenvalue weighted by Gasteiger charge is 2.19. The van der Waals surface area contributed by atoms with E-state index in [1.807, 2.05) is 19.2 Å². The van der Waals surface area contributed by atoms with Crippen molar-refractivity contribution >= 4 is 28.9 Å². The molecular weight excluding hydrogens is 258 g/mol. The predicted octanol–water partition coefficient (Wildman–Crippen LogP) is 3.53. The van der Waals surface area contributed by atoms with Crippen LogP contribution in [0.3, 0.4) is 0 Å². The molecule has 1 atom stereocenters. The number of hydrogen-bond donors (Lipinski definition) is 2. The number of nitrogen functional groups attached to an aromatic ring is 1. The molecule has 5 heteroatoms. The van der Waals surface area contributed by atoms with Crippen molar-refractivity contribution in [3.05, 3.63) is 35.4 Å². The van der Waals surface area contributed by atoms with Crippen LogP contribution in [0, 0.1) is 5.92 Å². The second kappa shape index (κ2) is 5.57. The summed E-state index contributed by atoms with van der Waals surface area (Å²) >= 11 is 1.73. The zero-order chi connectivity index (χ0) is 14.0. The first kappa shape index (κ1) is 13.8. The third kappa shape index (κ3) is 3.04. The maximum Gasteiger partial charge on any atom is 0.292 e. The number of oxazole rings is 1. The highest BCUT2D eigenvalue weighted by atomic mass is 32.2. The third-order valence-corrected chi connectivity index (χ3v) is 4.47. The fourth-order valence-corrected chi connectivity index (χ4v) is 2.92. The van der Waals surface area contributed by atoms with Crippen LogP contribution in [0.5, 0.6) is 0 Å². The van der Waals surface area contributed by atoms with Gasteiger partial charge in [-0.05, 0) is 23.6 Å². The summed E-state index contributed by atoms with van der Waals surface area (Å²) in [6, 6.07) is 6.23. The molecule has 1 unspecified atom stereocenters. The maximum atomic E-state index is 5.57. The lowest BCUT2D eigenvalue weighted by Gasteiger charge is -2.21. The molecule has 0 fully saturated rings. The van der Waals surface area contributed by atoms with Gasteiger partial charge in [-0.3, -0.25) is 0 Å². The summed E-state index contributed by atoms with van der Waals surface area (Å²) in [5.74, 6) is 0.483. The highest BCUT2D eigenvalue weighted by molar-refractivity contribution is 8.03. The summed E-state index contributed by atoms with van der Waals surface area (Å²) in [5, 5.41) is 4.35. The van der Waals surface area contributed by atoms with Crippen LogP contribution in [0.1, 0.15) is 24.7 Å². The molecule has 1 aromatic carbocycles. The number of nitrogens with zero attached hydrogens (tertiary/aromatic N) is 1. The van der Waals surface area contributed by atoms with Gasteiger partial charge in [-0.15, -0.1) is 11.8 Å². The number of rotatable bonds is 5. The molecule has 0 spiro atoms. The minimum Gasteiger partial charge on any atom is -0.424 e. The number of nitrogens with two attached hydrogens (primary N) is 1. The fraction of sp³-hybridized carbons (Fsp3) is 0.357. The molecule has 102 valence electrons. The number of aromatic nitrogens is 1. The van der Waals surface area contributed by atoms with Crippen molar-refractivity contribution in [1.29, 1.82) is 0 Å². The van der Waals surface area contributed by atoms with Crippen LogP contribution in [0.15, 0.2) is 34.2 Å². The van der Waals surface area contributed by atoms with E-state index in [1.54, 1.807) is 11.8 Å². The quantitative estimate of drug-likeness (QED) is 0.875. The van der Waals surface area contributed by atoms with Gasteiger partial charge in [-0.25, -0.2) is 0 Å². The lowest BCUT2D eigenvalue weighted by Crippen LogP contribution is -2.08. The first-order valence-corrected chi connectivity index (χ1v) is 7.08. The number of nitrogens with one attached hydrogen (secondary N) is 1. The molecule has 19 heavy (non-hydrogen) atoms. The van der Waals surface area contributed by atoms with Gasteiger partial charge in [0.2, 0.25) is 0 Å². The van der Waals surface area contributed by atoms with Gasteiger partial charge in [0.05, 0.1) is 5.03 Å². The summed E-state index contributed by atoms with van der Waals surface area (Å²) < 4.78 is 5.30. The first-order valence-electron chi connectivity index (χ1n) is 6.20. The molecule has 0 bridgehead atoms. The Labute approximate surface area is 117 Å². The topological polar surface area (TPSA) is 64.1 Å². The van der Waals surface area contributed by atoms with E-state index in [0.717, 1.165) is 16.1 Å². The van der Waals surface area contributed by atoms with Gasteiger partial charge in [-0.1, -0.05) is 26.5 Å². The Morgan fingerprint density at radius 2 is 2.21 bits per heavy atom. The molecule has 1 heterocycles. The molecule has 0 radical (unpaired) electrons. The molecule has 1 aromatic heterocycles. The van der Waals surface area contributed by atoms with E-state index in [1.165, 1.54) is 5.56 Å². The van der Waals surface area contributed by atoms with Gasteiger partial charge in [0.15, 0.2) is 5.58 Å². The smallest absolute Gasteiger partial charge is 0.292 e. The van der Waals surface area contributed by atoms with Crippen molar-refractivity contribution in [3.8, 4) is 0 Å². The normalized spacial score (nSPS) is 12.8. The van der Waals surface area contributed by atoms with E-state index in [-0.39, 0.29) is 6.01 Å². The summed E-state index contributed by atoms with van der Waals surface area (Å²) in [4.78, 5) is 4.18. The molecule has 2 aromatic rings. The van der Waals surface area contributed by atoms with Crippen LogP contribution < -0.4 is 11.1 Å². The Bertz CT molecular complexity index is 591. The van der Waals surface area contributed by atoms with Crippen LogP contribution >= 0.6 is 11.8 Å². The first-order chi connectivity index (χ1) is 9.01. The molecular formula is C14H19N3OS. The van der Waals surface area contributed by atoms with E-state index in [4.69, 9.17) is 10.2 Å². The zero-order valence-electron chi connectivity index (χ0n) is 11.4. The Kier molecular flexibility index (Phi) is 4.04. The lowest BCUT2D eigenvalue weighted by molar-refractivity contribution is 0.623. The van der Waals surface area contributed by atoms with E-state index >= 15 is 0 Å². The molecule has 3 N–H and O–H groups in total. The van der Waals surface area contributed by atoms with Gasteiger partial charge in [0.1, 0.15) is 5.52 Å². The van der Waals surface area contributed by atoms with Crippen molar-refractivity contribution in [2.75, 3.05) is 12.8 Å². The number of hydrogen-bond acceptors (Lipinski definition) is 5. The minimum atomic E-state index is 0.209. The Morgan fingerprint density at radius 1 is 1.47 bits per heavy atom. The van der Waals surface area contributed by atoms with E-state index in [0.29, 0.717) is 11.2 Å². The predicted molar refractivity (Wildman–Crippen MR) is 81.8 cm³/mol. The summed E-state index contributed by atoms with van der Waals surface area (Å²) in [7, 11) is 1.88. The lowest BCUT2D eigenvalue weighted by atomic mass is 10.0. The van der Waals surface area contributed by atoms with Crippen LogP contribution in [0.2, 0.25) is 0 Å². The third-order valence-electron chi connectivity index (χ3n) is 2.91. The molecule has 0 aliphatic heterocycles. The van der Waals surface area contributed by atoms with Crippen LogP contribution in [0.25, 0.3) is 11.1 Å². The largest absolute Gasteiger partial charge is 0.424 e. The van der Waals surface area contributed by atoms with Gasteiger partial charge < -0.3 is 15.5 Å². The summed E-state index contributed by atoms with van der Waals surface area (Å²) in [6.45, 7) is 8.38. The molecule has 0 aliphatic rings. The zero-order valence-corrected chi connectivity index (χ0v) is 12.3. The monoisotopic (exact) mass is 277 g/mol. The van der Waals surface area contributed by atoms with Crippen molar-refractivity contribution in [3.63, 3.8) is 0 Å². The Morgan fingerprint density at radius 3 is 2.84 bits per heavy atom. The average Bonchev–Trinajstić information content (AvgIpc) is 2.74. The molecule has 0 saturated carbocycles. The Balaban J connectivity index is 2.35. The maximum absolute atomic E-state index is 5.57. The molecule has 0 saturated heterocycles. The van der Waals surface area contributed by atoms with E-state index in [9.17, 15) is 0 Å². The molecule has 4 nitrogen and oxygen atoms in total. The molecule has 0 aliphatic carbocycles. The van der Waals surface area contributed by atoms with Crippen LogP contribution in [-0.4, -0.2) is 12.0 Å². The van der Waals surface area contributed by atoms with Crippen molar-refractivity contribution in [2.45, 2.75) is 19.1 Å². The van der Waals surface area contributed by atoms with Crippen molar-refractivity contribution in [1.82, 2.24) is 10.3 Å². The van der Waals surface area contributed by atoms with Gasteiger partial charge >= 0.3 is 0 Å². The number of thioether (sulfide) groups is 1. The van der Waals surface area contributed by atoms with Crippen molar-refractivity contribution in [2.24, 2.45) is 5.92 Å². The number of benzene rings is 1. The highest BCUT2D eigenvalue weighted by Crippen LogP contribution is 2.39. The summed E-state index contributed by atoms with van der Waals surface area (Å²) in [5.41, 5.74) is 8.30. The standard InChI is InChI=1S/C14H19N3OS/c1-8(2)13(19-9(3)16-4)10-5-6-12-11(7-10)17-14(15)18-12/h5-8,13,16H,3H2,1-2,4H3,(H2,15,17). The van der Waals surface area contributed by atoms with Gasteiger partial charge in [-0.2, -0.15) is 4.98 Å². The van der Waals surface area contributed by atoms with Crippen LogP contribution in [0.4, 0.5) is 6.01 Å². The second-order valence-corrected chi connectivity index (χ2v) is 5.97. The number of fused-ring (bicyclic) bond motifs is 1. The molecule has 2 rings (SSSR count). The second-order valence-electron chi connectivity index (χ2n) is 4.73.